The number of benzene rings is 6. The van der Waals surface area contributed by atoms with Gasteiger partial charge in [-0.25, -0.2) is 0 Å². The lowest BCUT2D eigenvalue weighted by Gasteiger charge is -2.34. The van der Waals surface area contributed by atoms with E-state index in [1.54, 1.807) is 0 Å². The molecule has 4 heterocycles. The van der Waals surface area contributed by atoms with E-state index in [1.165, 1.54) is 65.9 Å². The first-order valence-corrected chi connectivity index (χ1v) is 21.5. The van der Waals surface area contributed by atoms with Gasteiger partial charge < -0.3 is 9.13 Å². The Morgan fingerprint density at radius 2 is 0.754 bits per heavy atom. The third kappa shape index (κ3) is 5.51. The normalized spacial score (nSPS) is 13.7. The third-order valence-corrected chi connectivity index (χ3v) is 13.6. The van der Waals surface area contributed by atoms with Crippen LogP contribution < -0.4 is 0 Å². The number of nitrogens with zero attached hydrogens (tertiary/aromatic N) is 4. The molecule has 0 spiro atoms. The van der Waals surface area contributed by atoms with Crippen LogP contribution in [0.4, 0.5) is 0 Å². The van der Waals surface area contributed by atoms with Gasteiger partial charge in [0.1, 0.15) is 0 Å². The van der Waals surface area contributed by atoms with E-state index in [1.807, 2.05) is 12.4 Å². The molecule has 0 atom stereocenters. The molecule has 6 aromatic carbocycles. The summed E-state index contributed by atoms with van der Waals surface area (Å²) in [5.74, 6) is 0. The van der Waals surface area contributed by atoms with Crippen molar-refractivity contribution < 1.29 is 0 Å². The van der Waals surface area contributed by atoms with Crippen LogP contribution >= 0.6 is 0 Å². The summed E-state index contributed by atoms with van der Waals surface area (Å²) in [6.45, 7) is 13.8. The predicted molar refractivity (Wildman–Crippen MR) is 256 cm³/mol. The Kier molecular flexibility index (Phi) is 8.00. The van der Waals surface area contributed by atoms with E-state index >= 15 is 0 Å². The van der Waals surface area contributed by atoms with Crippen molar-refractivity contribution >= 4 is 43.6 Å². The van der Waals surface area contributed by atoms with E-state index in [-0.39, 0.29) is 10.8 Å². The summed E-state index contributed by atoms with van der Waals surface area (Å²) in [6.07, 6.45) is 4.06. The Bertz CT molecular complexity index is 3160. The van der Waals surface area contributed by atoms with Gasteiger partial charge in [-0.15, -0.1) is 0 Å². The maximum Gasteiger partial charge on any atom is 0.0937 e. The quantitative estimate of drug-likeness (QED) is 0.178. The molecule has 0 saturated heterocycles. The molecule has 0 N–H and O–H groups in total. The molecule has 0 bridgehead atoms. The van der Waals surface area contributed by atoms with Crippen LogP contribution in [0.5, 0.6) is 0 Å². The van der Waals surface area contributed by atoms with E-state index in [4.69, 9.17) is 9.97 Å². The number of aryl methyl sites for hydroxylation is 2. The highest BCUT2D eigenvalue weighted by Crippen LogP contribution is 2.57. The minimum absolute atomic E-state index is 0.0122. The fourth-order valence-corrected chi connectivity index (χ4v) is 10.2. The number of hydrogen-bond donors (Lipinski definition) is 0. The zero-order chi connectivity index (χ0) is 42.0. The first-order chi connectivity index (χ1) is 29.3. The Hall–Kier alpha value is -6.78. The van der Waals surface area contributed by atoms with Crippen LogP contribution in [0.2, 0.25) is 0 Å². The van der Waals surface area contributed by atoms with E-state index in [9.17, 15) is 0 Å². The molecule has 1 aliphatic carbocycles. The van der Waals surface area contributed by atoms with E-state index in [0.29, 0.717) is 0 Å². The number of aromatic nitrogens is 4. The molecule has 4 aromatic heterocycles. The highest BCUT2D eigenvalue weighted by molar-refractivity contribution is 6.10. The molecule has 4 heteroatoms. The molecule has 1 aliphatic rings. The van der Waals surface area contributed by atoms with Gasteiger partial charge in [-0.2, -0.15) is 0 Å². The fraction of sp³-hybridized carbons (Fsp3) is 0.193. The van der Waals surface area contributed by atoms with Crippen LogP contribution in [0.1, 0.15) is 74.9 Å². The number of rotatable bonds is 4. The fourth-order valence-electron chi connectivity index (χ4n) is 10.2. The smallest absolute Gasteiger partial charge is 0.0937 e. The van der Waals surface area contributed by atoms with Gasteiger partial charge in [-0.1, -0.05) is 126 Å². The topological polar surface area (TPSA) is 35.6 Å². The van der Waals surface area contributed by atoms with Crippen LogP contribution in [0.15, 0.2) is 158 Å². The van der Waals surface area contributed by atoms with Gasteiger partial charge in [0, 0.05) is 92.4 Å². The maximum atomic E-state index is 5.36. The summed E-state index contributed by atoms with van der Waals surface area (Å²) >= 11 is 0. The highest BCUT2D eigenvalue weighted by atomic mass is 14.9. The number of pyridine rings is 2. The van der Waals surface area contributed by atoms with Gasteiger partial charge in [-0.3, -0.25) is 9.97 Å². The SMILES string of the molecule is Cn1c2ccc(C(C)(C)C)cc2c2cc(C3(c4ccc5c(c4)c4cc(C(C)(C)C)ccc4n5C)c4cc(-c5ccccc5)cnc4-c4ncc(-c5ccccc5)cc43)ccc21. The van der Waals surface area contributed by atoms with Gasteiger partial charge >= 0.3 is 0 Å². The first-order valence-electron chi connectivity index (χ1n) is 21.5. The third-order valence-electron chi connectivity index (χ3n) is 13.6. The van der Waals surface area contributed by atoms with Crippen molar-refractivity contribution in [3.8, 4) is 33.6 Å². The van der Waals surface area contributed by atoms with Gasteiger partial charge in [0.2, 0.25) is 0 Å². The van der Waals surface area contributed by atoms with Gasteiger partial charge in [-0.05, 0) is 105 Å². The lowest BCUT2D eigenvalue weighted by Crippen LogP contribution is -2.29. The molecular formula is C57H50N4. The van der Waals surface area contributed by atoms with Crippen LogP contribution in [-0.2, 0) is 30.3 Å². The van der Waals surface area contributed by atoms with Crippen molar-refractivity contribution in [1.82, 2.24) is 19.1 Å². The molecule has 4 nitrogen and oxygen atoms in total. The number of fused-ring (bicyclic) bond motifs is 9. The summed E-state index contributed by atoms with van der Waals surface area (Å²) in [6, 6.07) is 54.6. The van der Waals surface area contributed by atoms with Crippen LogP contribution in [0.3, 0.4) is 0 Å². The summed E-state index contributed by atoms with van der Waals surface area (Å²) in [5, 5.41) is 5.03. The molecule has 11 rings (SSSR count). The van der Waals surface area contributed by atoms with E-state index < -0.39 is 5.41 Å². The van der Waals surface area contributed by atoms with Crippen molar-refractivity contribution in [3.05, 3.63) is 191 Å². The minimum Gasteiger partial charge on any atom is -0.344 e. The molecule has 0 amide bonds. The van der Waals surface area contributed by atoms with Crippen LogP contribution in [-0.4, -0.2) is 19.1 Å². The van der Waals surface area contributed by atoms with Gasteiger partial charge in [0.15, 0.2) is 0 Å². The highest BCUT2D eigenvalue weighted by Gasteiger charge is 2.49. The van der Waals surface area contributed by atoms with Crippen molar-refractivity contribution in [3.63, 3.8) is 0 Å². The molecule has 0 radical (unpaired) electrons. The molecule has 10 aromatic rings. The lowest BCUT2D eigenvalue weighted by atomic mass is 9.67. The Labute approximate surface area is 358 Å². The van der Waals surface area contributed by atoms with Crippen molar-refractivity contribution in [2.45, 2.75) is 57.8 Å². The lowest BCUT2D eigenvalue weighted by molar-refractivity contribution is 0.591. The van der Waals surface area contributed by atoms with Gasteiger partial charge in [0.05, 0.1) is 16.8 Å². The average Bonchev–Trinajstić information content (AvgIpc) is 3.84. The molecule has 0 saturated carbocycles. The molecule has 0 fully saturated rings. The Morgan fingerprint density at radius 1 is 0.393 bits per heavy atom. The second kappa shape index (κ2) is 13.1. The van der Waals surface area contributed by atoms with Gasteiger partial charge in [0.25, 0.3) is 0 Å². The number of hydrogen-bond acceptors (Lipinski definition) is 2. The molecule has 298 valence electrons. The van der Waals surface area contributed by atoms with Crippen LogP contribution in [0.25, 0.3) is 77.3 Å². The molecule has 0 aliphatic heterocycles. The maximum absolute atomic E-state index is 5.36. The first kappa shape index (κ1) is 37.2. The van der Waals surface area contributed by atoms with E-state index in [0.717, 1.165) is 44.8 Å². The zero-order valence-electron chi connectivity index (χ0n) is 36.3. The molecule has 0 unspecified atom stereocenters. The second-order valence-electron chi connectivity index (χ2n) is 19.3. The summed E-state index contributed by atoms with van der Waals surface area (Å²) in [5.41, 5.74) is 17.8. The van der Waals surface area contributed by atoms with Crippen molar-refractivity contribution in [1.29, 1.82) is 0 Å². The molecular weight excluding hydrogens is 741 g/mol. The van der Waals surface area contributed by atoms with Crippen molar-refractivity contribution in [2.24, 2.45) is 14.1 Å². The van der Waals surface area contributed by atoms with Crippen LogP contribution in [0, 0.1) is 0 Å². The largest absolute Gasteiger partial charge is 0.344 e. The summed E-state index contributed by atoms with van der Waals surface area (Å²) in [7, 11) is 4.40. The Morgan fingerprint density at radius 3 is 1.13 bits per heavy atom. The monoisotopic (exact) mass is 790 g/mol. The zero-order valence-corrected chi connectivity index (χ0v) is 36.3. The average molecular weight is 791 g/mol. The summed E-state index contributed by atoms with van der Waals surface area (Å²) in [4.78, 5) is 10.7. The Balaban J connectivity index is 1.30. The summed E-state index contributed by atoms with van der Waals surface area (Å²) < 4.78 is 4.70. The molecule has 61 heavy (non-hydrogen) atoms. The minimum atomic E-state index is -0.768. The van der Waals surface area contributed by atoms with Crippen molar-refractivity contribution in [2.75, 3.05) is 0 Å². The van der Waals surface area contributed by atoms with E-state index in [2.05, 4.69) is 210 Å². The predicted octanol–water partition coefficient (Wildman–Crippen LogP) is 14.1. The second-order valence-corrected chi connectivity index (χ2v) is 19.3. The standard InChI is InChI=1S/C57H50N4/c1-55(2,3)39-19-23-49-43(29-39)45-31-41(21-25-51(45)60(49)7)57(42-22-26-52-46(32-42)44-30-40(56(4,5)6)20-24-50(44)61(52)8)47-27-37(35-15-11-9-12-16-35)33-58-53(47)54-48(57)28-38(34-59-54)36-17-13-10-14-18-36/h9-34H,1-8H3.